The van der Waals surface area contributed by atoms with Gasteiger partial charge in [0.25, 0.3) is 0 Å². The first kappa shape index (κ1) is 16.3. The van der Waals surface area contributed by atoms with Crippen molar-refractivity contribution in [1.82, 2.24) is 5.32 Å². The average molecular weight is 269 g/mol. The Labute approximate surface area is 117 Å². The molecule has 1 aliphatic carbocycles. The molecule has 1 rings (SSSR count). The Morgan fingerprint density at radius 3 is 2.53 bits per heavy atom. The third kappa shape index (κ3) is 5.01. The molecule has 1 saturated carbocycles. The van der Waals surface area contributed by atoms with Gasteiger partial charge in [0.2, 0.25) is 0 Å². The standard InChI is InChI=1S/C15H31N3O/c1-4-13(12-8-6-5-7-9-12)17-11-10-15(2,3)14(16)18-19/h12-13,17,19H,4-11H2,1-3H3,(H2,16,18). The SMILES string of the molecule is CCC(NCCC(C)(C)C(N)=NO)C1CCCCC1. The molecule has 4 N–H and O–H groups in total. The van der Waals surface area contributed by atoms with Gasteiger partial charge in [0, 0.05) is 11.5 Å². The minimum atomic E-state index is -0.243. The lowest BCUT2D eigenvalue weighted by Gasteiger charge is -2.31. The van der Waals surface area contributed by atoms with Gasteiger partial charge >= 0.3 is 0 Å². The molecule has 1 atom stereocenters. The molecule has 4 nitrogen and oxygen atoms in total. The molecular weight excluding hydrogens is 238 g/mol. The first-order valence-electron chi connectivity index (χ1n) is 7.72. The number of hydrogen-bond donors (Lipinski definition) is 3. The van der Waals surface area contributed by atoms with Crippen molar-refractivity contribution >= 4 is 5.84 Å². The quantitative estimate of drug-likeness (QED) is 0.288. The van der Waals surface area contributed by atoms with Crippen molar-refractivity contribution in [1.29, 1.82) is 0 Å². The van der Waals surface area contributed by atoms with E-state index in [1.807, 2.05) is 13.8 Å². The molecule has 0 aliphatic heterocycles. The van der Waals surface area contributed by atoms with E-state index in [0.717, 1.165) is 18.9 Å². The van der Waals surface area contributed by atoms with Crippen LogP contribution in [0.2, 0.25) is 0 Å². The van der Waals surface area contributed by atoms with Crippen LogP contribution in [0.25, 0.3) is 0 Å². The molecule has 4 heteroatoms. The molecule has 0 radical (unpaired) electrons. The van der Waals surface area contributed by atoms with E-state index in [9.17, 15) is 0 Å². The van der Waals surface area contributed by atoms with E-state index < -0.39 is 0 Å². The second-order valence-corrected chi connectivity index (χ2v) is 6.49. The molecule has 1 fully saturated rings. The zero-order valence-corrected chi connectivity index (χ0v) is 12.8. The number of nitrogens with one attached hydrogen (secondary N) is 1. The predicted octanol–water partition coefficient (Wildman–Crippen LogP) is 3.10. The zero-order chi connectivity index (χ0) is 14.3. The molecule has 112 valence electrons. The van der Waals surface area contributed by atoms with Crippen LogP contribution in [-0.2, 0) is 0 Å². The first-order chi connectivity index (χ1) is 9.01. The third-order valence-corrected chi connectivity index (χ3v) is 4.62. The number of oxime groups is 1. The average Bonchev–Trinajstić information content (AvgIpc) is 2.43. The van der Waals surface area contributed by atoms with Gasteiger partial charge in [0.15, 0.2) is 0 Å². The van der Waals surface area contributed by atoms with Crippen molar-refractivity contribution in [3.05, 3.63) is 0 Å². The molecule has 0 heterocycles. The summed E-state index contributed by atoms with van der Waals surface area (Å²) in [6, 6.07) is 0.628. The number of amidine groups is 1. The summed E-state index contributed by atoms with van der Waals surface area (Å²) in [6.07, 6.45) is 9.01. The lowest BCUT2D eigenvalue weighted by Crippen LogP contribution is -2.40. The van der Waals surface area contributed by atoms with Crippen LogP contribution >= 0.6 is 0 Å². The van der Waals surface area contributed by atoms with Gasteiger partial charge in [-0.15, -0.1) is 0 Å². The Morgan fingerprint density at radius 2 is 2.00 bits per heavy atom. The molecule has 1 aliphatic rings. The highest BCUT2D eigenvalue weighted by Crippen LogP contribution is 2.28. The molecule has 0 amide bonds. The molecule has 0 saturated heterocycles. The highest BCUT2D eigenvalue weighted by atomic mass is 16.4. The van der Waals surface area contributed by atoms with Crippen LogP contribution in [0, 0.1) is 11.3 Å². The second kappa shape index (κ2) is 7.73. The summed E-state index contributed by atoms with van der Waals surface area (Å²) in [5, 5.41) is 15.6. The minimum absolute atomic E-state index is 0.243. The van der Waals surface area contributed by atoms with Crippen molar-refractivity contribution in [2.24, 2.45) is 22.2 Å². The van der Waals surface area contributed by atoms with Crippen LogP contribution in [0.15, 0.2) is 5.16 Å². The van der Waals surface area contributed by atoms with E-state index in [1.54, 1.807) is 0 Å². The van der Waals surface area contributed by atoms with Crippen molar-refractivity contribution in [2.45, 2.75) is 71.8 Å². The summed E-state index contributed by atoms with van der Waals surface area (Å²) in [7, 11) is 0. The Morgan fingerprint density at radius 1 is 1.37 bits per heavy atom. The number of nitrogens with two attached hydrogens (primary N) is 1. The van der Waals surface area contributed by atoms with Crippen molar-refractivity contribution in [3.8, 4) is 0 Å². The monoisotopic (exact) mass is 269 g/mol. The van der Waals surface area contributed by atoms with Crippen LogP contribution < -0.4 is 11.1 Å². The molecule has 0 bridgehead atoms. The molecule has 0 aromatic carbocycles. The topological polar surface area (TPSA) is 70.6 Å². The summed E-state index contributed by atoms with van der Waals surface area (Å²) in [6.45, 7) is 7.23. The van der Waals surface area contributed by atoms with E-state index in [0.29, 0.717) is 11.9 Å². The van der Waals surface area contributed by atoms with Crippen LogP contribution in [0.5, 0.6) is 0 Å². The maximum Gasteiger partial charge on any atom is 0.144 e. The normalized spacial score (nSPS) is 20.5. The Balaban J connectivity index is 2.37. The zero-order valence-electron chi connectivity index (χ0n) is 12.8. The fourth-order valence-electron chi connectivity index (χ4n) is 3.01. The first-order valence-corrected chi connectivity index (χ1v) is 7.72. The summed E-state index contributed by atoms with van der Waals surface area (Å²) in [5.74, 6) is 1.16. The highest BCUT2D eigenvalue weighted by molar-refractivity contribution is 5.85. The summed E-state index contributed by atoms with van der Waals surface area (Å²) >= 11 is 0. The van der Waals surface area contributed by atoms with E-state index in [2.05, 4.69) is 17.4 Å². The largest absolute Gasteiger partial charge is 0.409 e. The second-order valence-electron chi connectivity index (χ2n) is 6.49. The Bertz CT molecular complexity index is 283. The number of rotatable bonds is 7. The maximum atomic E-state index is 8.77. The molecule has 19 heavy (non-hydrogen) atoms. The minimum Gasteiger partial charge on any atom is -0.409 e. The smallest absolute Gasteiger partial charge is 0.144 e. The lowest BCUT2D eigenvalue weighted by atomic mass is 9.82. The molecule has 0 aromatic heterocycles. The molecular formula is C15H31N3O. The van der Waals surface area contributed by atoms with Gasteiger partial charge in [-0.3, -0.25) is 0 Å². The van der Waals surface area contributed by atoms with Gasteiger partial charge in [-0.25, -0.2) is 0 Å². The van der Waals surface area contributed by atoms with Crippen molar-refractivity contribution in [3.63, 3.8) is 0 Å². The van der Waals surface area contributed by atoms with Crippen LogP contribution in [-0.4, -0.2) is 23.6 Å². The van der Waals surface area contributed by atoms with Gasteiger partial charge in [-0.2, -0.15) is 0 Å². The van der Waals surface area contributed by atoms with Gasteiger partial charge < -0.3 is 16.3 Å². The number of nitrogens with zero attached hydrogens (tertiary/aromatic N) is 1. The number of hydrogen-bond acceptors (Lipinski definition) is 3. The highest BCUT2D eigenvalue weighted by Gasteiger charge is 2.25. The van der Waals surface area contributed by atoms with Crippen LogP contribution in [0.1, 0.15) is 65.7 Å². The van der Waals surface area contributed by atoms with E-state index in [4.69, 9.17) is 10.9 Å². The predicted molar refractivity (Wildman–Crippen MR) is 80.5 cm³/mol. The van der Waals surface area contributed by atoms with Gasteiger partial charge in [0.05, 0.1) is 0 Å². The maximum absolute atomic E-state index is 8.77. The molecule has 1 unspecified atom stereocenters. The molecule has 0 aromatic rings. The Kier molecular flexibility index (Phi) is 6.63. The van der Waals surface area contributed by atoms with Gasteiger partial charge in [-0.05, 0) is 38.1 Å². The third-order valence-electron chi connectivity index (χ3n) is 4.62. The Hall–Kier alpha value is -0.770. The fourth-order valence-corrected chi connectivity index (χ4v) is 3.01. The van der Waals surface area contributed by atoms with E-state index in [1.165, 1.54) is 38.5 Å². The van der Waals surface area contributed by atoms with Crippen molar-refractivity contribution < 1.29 is 5.21 Å². The fraction of sp³-hybridized carbons (Fsp3) is 0.933. The van der Waals surface area contributed by atoms with Crippen LogP contribution in [0.4, 0.5) is 0 Å². The summed E-state index contributed by atoms with van der Waals surface area (Å²) < 4.78 is 0. The summed E-state index contributed by atoms with van der Waals surface area (Å²) in [4.78, 5) is 0. The van der Waals surface area contributed by atoms with Gasteiger partial charge in [0.1, 0.15) is 5.84 Å². The van der Waals surface area contributed by atoms with E-state index in [-0.39, 0.29) is 5.41 Å². The molecule has 0 spiro atoms. The van der Waals surface area contributed by atoms with Crippen LogP contribution in [0.3, 0.4) is 0 Å². The van der Waals surface area contributed by atoms with Gasteiger partial charge in [-0.1, -0.05) is 45.2 Å². The summed E-state index contributed by atoms with van der Waals surface area (Å²) in [5.41, 5.74) is 5.47. The van der Waals surface area contributed by atoms with E-state index >= 15 is 0 Å². The van der Waals surface area contributed by atoms with Crippen molar-refractivity contribution in [2.75, 3.05) is 6.54 Å². The lowest BCUT2D eigenvalue weighted by molar-refractivity contribution is 0.255.